The lowest BCUT2D eigenvalue weighted by Gasteiger charge is -2.41. The molecule has 0 spiro atoms. The van der Waals surface area contributed by atoms with E-state index >= 15 is 0 Å². The van der Waals surface area contributed by atoms with Crippen LogP contribution in [0.3, 0.4) is 0 Å². The first-order valence-electron chi connectivity index (χ1n) is 8.31. The van der Waals surface area contributed by atoms with E-state index < -0.39 is 47.7 Å². The van der Waals surface area contributed by atoms with Crippen LogP contribution in [0.1, 0.15) is 34.6 Å². The molecule has 1 fully saturated rings. The molecular formula is C16H24N2O7S. The molecule has 0 amide bonds. The highest BCUT2D eigenvalue weighted by Gasteiger charge is 2.53. The average Bonchev–Trinajstić information content (AvgIpc) is 2.88. The van der Waals surface area contributed by atoms with Crippen molar-refractivity contribution in [3.8, 4) is 0 Å². The van der Waals surface area contributed by atoms with Gasteiger partial charge in [-0.15, -0.1) is 0 Å². The molecule has 0 aliphatic carbocycles. The van der Waals surface area contributed by atoms with Crippen LogP contribution in [0.2, 0.25) is 0 Å². The number of fused-ring (bicyclic) bond motifs is 1. The Labute approximate surface area is 156 Å². The number of carbonyl (C=O) groups excluding carboxylic acids is 3. The van der Waals surface area contributed by atoms with Crippen LogP contribution < -0.4 is 5.32 Å². The lowest BCUT2D eigenvalue weighted by Crippen LogP contribution is -2.59. The number of amidine groups is 1. The van der Waals surface area contributed by atoms with E-state index in [-0.39, 0.29) is 12.6 Å². The minimum atomic E-state index is -0.931. The van der Waals surface area contributed by atoms with Gasteiger partial charge in [-0.05, 0) is 13.8 Å². The van der Waals surface area contributed by atoms with Crippen LogP contribution in [0.5, 0.6) is 0 Å². The van der Waals surface area contributed by atoms with Crippen molar-refractivity contribution in [2.24, 2.45) is 4.99 Å². The topological polar surface area (TPSA) is 113 Å². The van der Waals surface area contributed by atoms with Crippen LogP contribution in [0, 0.1) is 0 Å². The largest absolute Gasteiger partial charge is 0.463 e. The maximum Gasteiger partial charge on any atom is 0.303 e. The predicted octanol–water partition coefficient (Wildman–Crippen LogP) is 0.607. The summed E-state index contributed by atoms with van der Waals surface area (Å²) < 4.78 is 21.8. The molecule has 1 N–H and O–H groups in total. The van der Waals surface area contributed by atoms with Crippen LogP contribution >= 0.6 is 11.8 Å². The van der Waals surface area contributed by atoms with Gasteiger partial charge in [-0.25, -0.2) is 0 Å². The zero-order valence-electron chi connectivity index (χ0n) is 15.4. The van der Waals surface area contributed by atoms with Gasteiger partial charge in [-0.3, -0.25) is 19.4 Å². The first-order chi connectivity index (χ1) is 12.2. The summed E-state index contributed by atoms with van der Waals surface area (Å²) in [7, 11) is 0. The molecule has 146 valence electrons. The van der Waals surface area contributed by atoms with Crippen LogP contribution in [0.15, 0.2) is 4.99 Å². The van der Waals surface area contributed by atoms with Gasteiger partial charge in [0.25, 0.3) is 0 Å². The zero-order chi connectivity index (χ0) is 19.4. The van der Waals surface area contributed by atoms with Gasteiger partial charge < -0.3 is 24.3 Å². The highest BCUT2D eigenvalue weighted by Crippen LogP contribution is 2.38. The fraction of sp³-hybridized carbons (Fsp3) is 0.750. The SMILES string of the molecule is CC(=O)OC[C@H]1O[C@@H]2SC(NC(C)C)=N[C@@H]2[C@@H](OC(C)=O)[C@@H]1OC(C)=O. The third kappa shape index (κ3) is 5.34. The van der Waals surface area contributed by atoms with Crippen molar-refractivity contribution in [3.63, 3.8) is 0 Å². The summed E-state index contributed by atoms with van der Waals surface area (Å²) in [6.07, 6.45) is -2.54. The fourth-order valence-electron chi connectivity index (χ4n) is 2.71. The molecular weight excluding hydrogens is 364 g/mol. The number of rotatable bonds is 5. The Morgan fingerprint density at radius 2 is 1.73 bits per heavy atom. The van der Waals surface area contributed by atoms with Crippen molar-refractivity contribution >= 4 is 34.8 Å². The summed E-state index contributed by atoms with van der Waals surface area (Å²) >= 11 is 1.36. The van der Waals surface area contributed by atoms with Crippen LogP contribution in [0.25, 0.3) is 0 Å². The molecule has 0 unspecified atom stereocenters. The van der Waals surface area contributed by atoms with Gasteiger partial charge in [0.05, 0.1) is 0 Å². The number of esters is 3. The Morgan fingerprint density at radius 3 is 2.27 bits per heavy atom. The first-order valence-corrected chi connectivity index (χ1v) is 9.19. The smallest absolute Gasteiger partial charge is 0.303 e. The molecule has 9 nitrogen and oxygen atoms in total. The molecule has 0 saturated carbocycles. The Kier molecular flexibility index (Phi) is 6.87. The van der Waals surface area contributed by atoms with E-state index in [9.17, 15) is 14.4 Å². The van der Waals surface area contributed by atoms with E-state index in [1.807, 2.05) is 13.8 Å². The molecule has 26 heavy (non-hydrogen) atoms. The number of thioether (sulfide) groups is 1. The third-order valence-corrected chi connectivity index (χ3v) is 4.64. The van der Waals surface area contributed by atoms with Gasteiger partial charge in [0.1, 0.15) is 24.2 Å². The molecule has 5 atom stereocenters. The number of ether oxygens (including phenoxy) is 4. The molecule has 2 heterocycles. The summed E-state index contributed by atoms with van der Waals surface area (Å²) in [5.41, 5.74) is -0.451. The normalized spacial score (nSPS) is 30.2. The third-order valence-electron chi connectivity index (χ3n) is 3.58. The van der Waals surface area contributed by atoms with Gasteiger partial charge in [-0.2, -0.15) is 0 Å². The highest BCUT2D eigenvalue weighted by molar-refractivity contribution is 8.14. The lowest BCUT2D eigenvalue weighted by molar-refractivity contribution is -0.208. The summed E-state index contributed by atoms with van der Waals surface area (Å²) in [6.45, 7) is 7.62. The Balaban J connectivity index is 2.27. The van der Waals surface area contributed by atoms with Crippen molar-refractivity contribution in [1.29, 1.82) is 0 Å². The molecule has 0 aromatic heterocycles. The fourth-order valence-corrected chi connectivity index (χ4v) is 3.97. The Morgan fingerprint density at radius 1 is 1.12 bits per heavy atom. The number of nitrogens with one attached hydrogen (secondary N) is 1. The minimum absolute atomic E-state index is 0.123. The van der Waals surface area contributed by atoms with Gasteiger partial charge in [0.15, 0.2) is 17.4 Å². The number of hydrogen-bond donors (Lipinski definition) is 1. The molecule has 10 heteroatoms. The number of nitrogens with zero attached hydrogens (tertiary/aromatic N) is 1. The molecule has 0 aromatic carbocycles. The molecule has 0 aromatic rings. The molecule has 0 radical (unpaired) electrons. The van der Waals surface area contributed by atoms with E-state index in [1.54, 1.807) is 0 Å². The average molecular weight is 388 g/mol. The summed E-state index contributed by atoms with van der Waals surface area (Å²) in [6, 6.07) is -0.377. The van der Waals surface area contributed by atoms with Gasteiger partial charge >= 0.3 is 17.9 Å². The van der Waals surface area contributed by atoms with Crippen molar-refractivity contribution < 1.29 is 33.3 Å². The van der Waals surface area contributed by atoms with Gasteiger partial charge in [-0.1, -0.05) is 11.8 Å². The van der Waals surface area contributed by atoms with E-state index in [4.69, 9.17) is 18.9 Å². The molecule has 2 rings (SSSR count). The maximum atomic E-state index is 11.6. The van der Waals surface area contributed by atoms with Crippen molar-refractivity contribution in [1.82, 2.24) is 5.32 Å². The Hall–Kier alpha value is -1.81. The second-order valence-electron chi connectivity index (χ2n) is 6.34. The van der Waals surface area contributed by atoms with E-state index in [0.717, 1.165) is 0 Å². The molecule has 2 aliphatic heterocycles. The van der Waals surface area contributed by atoms with Gasteiger partial charge in [0.2, 0.25) is 0 Å². The number of hydrogen-bond acceptors (Lipinski definition) is 10. The monoisotopic (exact) mass is 388 g/mol. The minimum Gasteiger partial charge on any atom is -0.463 e. The summed E-state index contributed by atoms with van der Waals surface area (Å²) in [5, 5.41) is 3.85. The van der Waals surface area contributed by atoms with Crippen molar-refractivity contribution in [2.45, 2.75) is 70.5 Å². The van der Waals surface area contributed by atoms with E-state index in [0.29, 0.717) is 5.17 Å². The summed E-state index contributed by atoms with van der Waals surface area (Å²) in [5.74, 6) is -1.57. The molecule has 0 bridgehead atoms. The predicted molar refractivity (Wildman–Crippen MR) is 93.5 cm³/mol. The highest BCUT2D eigenvalue weighted by atomic mass is 32.2. The van der Waals surface area contributed by atoms with Gasteiger partial charge in [0, 0.05) is 26.8 Å². The standard InChI is InChI=1S/C16H24N2O7S/c1-7(2)17-16-18-12-14(24-10(5)21)13(23-9(4)20)11(6-22-8(3)19)25-15(12)26-16/h7,11-15H,6H2,1-5H3,(H,17,18)/t11-,12-,13-,14-,15-/m1/s1. The quantitative estimate of drug-likeness (QED) is 0.534. The molecule has 1 saturated heterocycles. The van der Waals surface area contributed by atoms with Crippen molar-refractivity contribution in [2.75, 3.05) is 6.61 Å². The zero-order valence-corrected chi connectivity index (χ0v) is 16.2. The number of carbonyl (C=O) groups is 3. The van der Waals surface area contributed by atoms with E-state index in [2.05, 4.69) is 10.3 Å². The second kappa shape index (κ2) is 8.72. The second-order valence-corrected chi connectivity index (χ2v) is 7.42. The molecule has 2 aliphatic rings. The Bertz CT molecular complexity index is 595. The van der Waals surface area contributed by atoms with Crippen LogP contribution in [0.4, 0.5) is 0 Å². The van der Waals surface area contributed by atoms with E-state index in [1.165, 1.54) is 32.5 Å². The van der Waals surface area contributed by atoms with Crippen LogP contribution in [-0.4, -0.2) is 65.5 Å². The maximum absolute atomic E-state index is 11.6. The van der Waals surface area contributed by atoms with Crippen LogP contribution in [-0.2, 0) is 33.3 Å². The lowest BCUT2D eigenvalue weighted by atomic mass is 9.98. The number of aliphatic imine (C=N–C) groups is 1. The summed E-state index contributed by atoms with van der Waals surface area (Å²) in [4.78, 5) is 38.9. The van der Waals surface area contributed by atoms with Crippen molar-refractivity contribution in [3.05, 3.63) is 0 Å². The first kappa shape index (κ1) is 20.5.